The van der Waals surface area contributed by atoms with Crippen molar-refractivity contribution in [3.63, 3.8) is 0 Å². The second-order valence-corrected chi connectivity index (χ2v) is 5.38. The topological polar surface area (TPSA) is 56.1 Å². The van der Waals surface area contributed by atoms with E-state index in [0.29, 0.717) is 0 Å². The van der Waals surface area contributed by atoms with Crippen LogP contribution >= 0.6 is 0 Å². The molecule has 0 aromatic carbocycles. The Balaban J connectivity index is 2.01. The van der Waals surface area contributed by atoms with Gasteiger partial charge in [0.05, 0.1) is 23.5 Å². The molecule has 20 heavy (non-hydrogen) atoms. The highest BCUT2D eigenvalue weighted by Crippen LogP contribution is 2.19. The number of aryl methyl sites for hydroxylation is 2. The number of aromatic nitrogens is 2. The molecule has 1 aliphatic heterocycles. The predicted octanol–water partition coefficient (Wildman–Crippen LogP) is 1.91. The molecule has 2 heterocycles. The number of nitrogens with zero attached hydrogens (tertiary/aromatic N) is 5. The van der Waals surface area contributed by atoms with Crippen molar-refractivity contribution in [1.82, 2.24) is 14.9 Å². The van der Waals surface area contributed by atoms with Crippen LogP contribution in [0.1, 0.15) is 31.2 Å². The standard InChI is InChI=1S/C15H23N5/c1-4-5-14(10-16)19-6-8-20(9-7-19)15-13(3)17-11-12(2)18-15/h11,14H,4-9H2,1-3H3. The molecule has 1 saturated heterocycles. The van der Waals surface area contributed by atoms with E-state index in [2.05, 4.69) is 32.8 Å². The maximum Gasteiger partial charge on any atom is 0.150 e. The van der Waals surface area contributed by atoms with E-state index in [1.54, 1.807) is 0 Å². The van der Waals surface area contributed by atoms with Gasteiger partial charge in [-0.2, -0.15) is 5.26 Å². The third kappa shape index (κ3) is 3.26. The summed E-state index contributed by atoms with van der Waals surface area (Å²) in [6.07, 6.45) is 3.82. The molecule has 1 fully saturated rings. The van der Waals surface area contributed by atoms with Crippen LogP contribution < -0.4 is 4.90 Å². The molecule has 0 amide bonds. The Bertz CT molecular complexity index is 486. The highest BCUT2D eigenvalue weighted by atomic mass is 15.3. The molecule has 1 aliphatic rings. The van der Waals surface area contributed by atoms with Crippen LogP contribution in [0.25, 0.3) is 0 Å². The predicted molar refractivity (Wildman–Crippen MR) is 79.6 cm³/mol. The van der Waals surface area contributed by atoms with Gasteiger partial charge in [-0.3, -0.25) is 9.88 Å². The Kier molecular flexibility index (Phi) is 4.91. The molecule has 1 aromatic heterocycles. The monoisotopic (exact) mass is 273 g/mol. The summed E-state index contributed by atoms with van der Waals surface area (Å²) in [5, 5.41) is 9.25. The molecule has 1 atom stereocenters. The summed E-state index contributed by atoms with van der Waals surface area (Å²) in [7, 11) is 0. The molecule has 0 bridgehead atoms. The van der Waals surface area contributed by atoms with Gasteiger partial charge in [0.2, 0.25) is 0 Å². The van der Waals surface area contributed by atoms with Gasteiger partial charge < -0.3 is 4.90 Å². The summed E-state index contributed by atoms with van der Waals surface area (Å²) in [4.78, 5) is 13.6. The van der Waals surface area contributed by atoms with Gasteiger partial charge >= 0.3 is 0 Å². The molecule has 5 heteroatoms. The fourth-order valence-corrected chi connectivity index (χ4v) is 2.67. The fraction of sp³-hybridized carbons (Fsp3) is 0.667. The van der Waals surface area contributed by atoms with E-state index in [9.17, 15) is 5.26 Å². The lowest BCUT2D eigenvalue weighted by Gasteiger charge is -2.37. The maximum absolute atomic E-state index is 9.25. The minimum absolute atomic E-state index is 0.0619. The molecule has 0 radical (unpaired) electrons. The summed E-state index contributed by atoms with van der Waals surface area (Å²) in [6, 6.07) is 2.49. The Morgan fingerprint density at radius 1 is 1.30 bits per heavy atom. The van der Waals surface area contributed by atoms with Crippen LogP contribution in [0.5, 0.6) is 0 Å². The third-order valence-corrected chi connectivity index (χ3v) is 3.82. The Morgan fingerprint density at radius 3 is 2.60 bits per heavy atom. The fourth-order valence-electron chi connectivity index (χ4n) is 2.67. The summed E-state index contributed by atoms with van der Waals surface area (Å²) >= 11 is 0. The second-order valence-electron chi connectivity index (χ2n) is 5.38. The van der Waals surface area contributed by atoms with Crippen molar-refractivity contribution in [3.8, 4) is 6.07 Å². The van der Waals surface area contributed by atoms with Crippen molar-refractivity contribution in [3.05, 3.63) is 17.6 Å². The average molecular weight is 273 g/mol. The minimum atomic E-state index is 0.0619. The van der Waals surface area contributed by atoms with Gasteiger partial charge in [0.1, 0.15) is 5.82 Å². The molecule has 1 unspecified atom stereocenters. The molecule has 0 spiro atoms. The average Bonchev–Trinajstić information content (AvgIpc) is 2.47. The van der Waals surface area contributed by atoms with E-state index in [-0.39, 0.29) is 6.04 Å². The van der Waals surface area contributed by atoms with E-state index in [1.165, 1.54) is 0 Å². The number of hydrogen-bond donors (Lipinski definition) is 0. The molecule has 0 N–H and O–H groups in total. The largest absolute Gasteiger partial charge is 0.353 e. The van der Waals surface area contributed by atoms with Crippen LogP contribution in [0, 0.1) is 25.2 Å². The molecular weight excluding hydrogens is 250 g/mol. The van der Waals surface area contributed by atoms with Crippen LogP contribution in [0.2, 0.25) is 0 Å². The Labute approximate surface area is 121 Å². The van der Waals surface area contributed by atoms with Gasteiger partial charge in [-0.1, -0.05) is 13.3 Å². The highest BCUT2D eigenvalue weighted by molar-refractivity contribution is 5.43. The quantitative estimate of drug-likeness (QED) is 0.838. The highest BCUT2D eigenvalue weighted by Gasteiger charge is 2.24. The summed E-state index contributed by atoms with van der Waals surface area (Å²) in [6.45, 7) is 9.79. The van der Waals surface area contributed by atoms with Crippen molar-refractivity contribution < 1.29 is 0 Å². The second kappa shape index (κ2) is 6.67. The molecule has 5 nitrogen and oxygen atoms in total. The Hall–Kier alpha value is -1.67. The molecule has 0 aliphatic carbocycles. The molecule has 108 valence electrons. The zero-order valence-electron chi connectivity index (χ0n) is 12.6. The summed E-state index contributed by atoms with van der Waals surface area (Å²) in [5.41, 5.74) is 1.93. The first kappa shape index (κ1) is 14.7. The smallest absolute Gasteiger partial charge is 0.150 e. The number of rotatable bonds is 4. The normalized spacial score (nSPS) is 17.8. The van der Waals surface area contributed by atoms with Crippen LogP contribution in [0.3, 0.4) is 0 Å². The van der Waals surface area contributed by atoms with Gasteiger partial charge in [0.15, 0.2) is 0 Å². The molecule has 0 saturated carbocycles. The van der Waals surface area contributed by atoms with Crippen LogP contribution in [-0.4, -0.2) is 47.1 Å². The number of anilines is 1. The lowest BCUT2D eigenvalue weighted by Crippen LogP contribution is -2.50. The molecular formula is C15H23N5. The molecule has 1 aromatic rings. The zero-order chi connectivity index (χ0) is 14.5. The van der Waals surface area contributed by atoms with Crippen molar-refractivity contribution >= 4 is 5.82 Å². The van der Waals surface area contributed by atoms with Crippen molar-refractivity contribution in [2.24, 2.45) is 0 Å². The van der Waals surface area contributed by atoms with E-state index < -0.39 is 0 Å². The van der Waals surface area contributed by atoms with Gasteiger partial charge in [0, 0.05) is 32.4 Å². The van der Waals surface area contributed by atoms with E-state index in [4.69, 9.17) is 0 Å². The minimum Gasteiger partial charge on any atom is -0.353 e. The van der Waals surface area contributed by atoms with Crippen molar-refractivity contribution in [2.75, 3.05) is 31.1 Å². The first-order valence-electron chi connectivity index (χ1n) is 7.34. The van der Waals surface area contributed by atoms with Crippen molar-refractivity contribution in [2.45, 2.75) is 39.7 Å². The van der Waals surface area contributed by atoms with Gasteiger partial charge in [-0.25, -0.2) is 4.98 Å². The first-order chi connectivity index (χ1) is 9.65. The number of hydrogen-bond acceptors (Lipinski definition) is 5. The summed E-state index contributed by atoms with van der Waals surface area (Å²) < 4.78 is 0. The van der Waals surface area contributed by atoms with Crippen molar-refractivity contribution in [1.29, 1.82) is 5.26 Å². The van der Waals surface area contributed by atoms with Gasteiger partial charge in [0.25, 0.3) is 0 Å². The van der Waals surface area contributed by atoms with E-state index >= 15 is 0 Å². The van der Waals surface area contributed by atoms with Gasteiger partial charge in [-0.05, 0) is 20.3 Å². The summed E-state index contributed by atoms with van der Waals surface area (Å²) in [5.74, 6) is 0.994. The molecule has 2 rings (SSSR count). The zero-order valence-corrected chi connectivity index (χ0v) is 12.6. The lowest BCUT2D eigenvalue weighted by atomic mass is 10.1. The van der Waals surface area contributed by atoms with E-state index in [1.807, 2.05) is 20.0 Å². The lowest BCUT2D eigenvalue weighted by molar-refractivity contribution is 0.211. The maximum atomic E-state index is 9.25. The van der Waals surface area contributed by atoms with Crippen LogP contribution in [-0.2, 0) is 0 Å². The number of nitriles is 1. The van der Waals surface area contributed by atoms with Crippen LogP contribution in [0.15, 0.2) is 6.20 Å². The van der Waals surface area contributed by atoms with Gasteiger partial charge in [-0.15, -0.1) is 0 Å². The van der Waals surface area contributed by atoms with E-state index in [0.717, 1.165) is 56.2 Å². The number of piperazine rings is 1. The Morgan fingerprint density at radius 2 is 2.00 bits per heavy atom. The van der Waals surface area contributed by atoms with Crippen LogP contribution in [0.4, 0.5) is 5.82 Å². The first-order valence-corrected chi connectivity index (χ1v) is 7.34. The SMILES string of the molecule is CCCC(C#N)N1CCN(c2nc(C)cnc2C)CC1. The third-order valence-electron chi connectivity index (χ3n) is 3.82.